The number of hydrogen-bond acceptors (Lipinski definition) is 5. The Morgan fingerprint density at radius 2 is 2.32 bits per heavy atom. The van der Waals surface area contributed by atoms with E-state index in [1.165, 1.54) is 0 Å². The lowest BCUT2D eigenvalue weighted by Gasteiger charge is -2.29. The minimum atomic E-state index is -0.727. The van der Waals surface area contributed by atoms with Gasteiger partial charge in [-0.15, -0.1) is 11.8 Å². The molecule has 1 saturated heterocycles. The van der Waals surface area contributed by atoms with Gasteiger partial charge in [-0.25, -0.2) is 4.98 Å². The molecular weight excluding hydrogens is 322 g/mol. The number of nitrogens with two attached hydrogens (primary N) is 1. The summed E-state index contributed by atoms with van der Waals surface area (Å²) in [6.45, 7) is 4.14. The largest absolute Gasteiger partial charge is 0.440 e. The van der Waals surface area contributed by atoms with Crippen molar-refractivity contribution in [2.45, 2.75) is 18.8 Å². The summed E-state index contributed by atoms with van der Waals surface area (Å²) in [6.07, 6.45) is 0. The van der Waals surface area contributed by atoms with E-state index in [9.17, 15) is 4.79 Å². The fourth-order valence-corrected chi connectivity index (χ4v) is 3.68. The number of oxazole rings is 1. The van der Waals surface area contributed by atoms with Crippen LogP contribution >= 0.6 is 23.4 Å². The van der Waals surface area contributed by atoms with Crippen LogP contribution in [0.2, 0.25) is 5.02 Å². The molecule has 0 aliphatic carbocycles. The van der Waals surface area contributed by atoms with Crippen molar-refractivity contribution < 1.29 is 9.21 Å². The normalized spacial score (nSPS) is 21.4. The van der Waals surface area contributed by atoms with Crippen molar-refractivity contribution in [1.29, 1.82) is 0 Å². The van der Waals surface area contributed by atoms with Crippen molar-refractivity contribution in [1.82, 2.24) is 9.88 Å². The summed E-state index contributed by atoms with van der Waals surface area (Å²) >= 11 is 7.57. The van der Waals surface area contributed by atoms with Crippen molar-refractivity contribution in [3.63, 3.8) is 0 Å². The molecule has 2 heterocycles. The van der Waals surface area contributed by atoms with Gasteiger partial charge in [-0.1, -0.05) is 23.7 Å². The highest BCUT2D eigenvalue weighted by Crippen LogP contribution is 2.34. The quantitative estimate of drug-likeness (QED) is 0.911. The fraction of sp³-hybridized carbons (Fsp3) is 0.333. The Labute approximate surface area is 137 Å². The van der Waals surface area contributed by atoms with Crippen LogP contribution in [0, 0.1) is 6.92 Å². The zero-order chi connectivity index (χ0) is 15.9. The molecule has 1 atom stereocenters. The summed E-state index contributed by atoms with van der Waals surface area (Å²) in [5, 5.41) is 0.574. The number of benzene rings is 1. The molecule has 2 aromatic rings. The molecule has 5 nitrogen and oxygen atoms in total. The molecule has 2 N–H and O–H groups in total. The zero-order valence-corrected chi connectivity index (χ0v) is 13.9. The van der Waals surface area contributed by atoms with Gasteiger partial charge in [-0.3, -0.25) is 4.79 Å². The second kappa shape index (κ2) is 5.61. The molecule has 22 heavy (non-hydrogen) atoms. The first-order valence-electron chi connectivity index (χ1n) is 6.86. The maximum atomic E-state index is 12.8. The molecule has 0 saturated carbocycles. The molecule has 1 aliphatic heterocycles. The topological polar surface area (TPSA) is 72.4 Å². The van der Waals surface area contributed by atoms with Crippen LogP contribution in [0.4, 0.5) is 0 Å². The smallest absolute Gasteiger partial charge is 0.278 e. The number of halogens is 1. The van der Waals surface area contributed by atoms with E-state index < -0.39 is 4.99 Å². The summed E-state index contributed by atoms with van der Waals surface area (Å²) in [7, 11) is 0. The van der Waals surface area contributed by atoms with Gasteiger partial charge in [0, 0.05) is 29.8 Å². The van der Waals surface area contributed by atoms with Gasteiger partial charge < -0.3 is 15.1 Å². The number of aromatic nitrogens is 1. The van der Waals surface area contributed by atoms with Gasteiger partial charge in [0.2, 0.25) is 0 Å². The third-order valence-electron chi connectivity index (χ3n) is 3.51. The van der Waals surface area contributed by atoms with Crippen LogP contribution < -0.4 is 5.73 Å². The highest BCUT2D eigenvalue weighted by Gasteiger charge is 2.39. The molecule has 0 spiro atoms. The predicted octanol–water partition coefficient (Wildman–Crippen LogP) is 3.12. The summed E-state index contributed by atoms with van der Waals surface area (Å²) in [5.74, 6) is 1.45. The summed E-state index contributed by atoms with van der Waals surface area (Å²) in [5.41, 5.74) is 7.17. The van der Waals surface area contributed by atoms with Crippen molar-refractivity contribution in [2.24, 2.45) is 5.73 Å². The predicted molar refractivity (Wildman–Crippen MR) is 87.8 cm³/mol. The van der Waals surface area contributed by atoms with Crippen LogP contribution in [0.15, 0.2) is 28.7 Å². The number of carbonyl (C=O) groups is 1. The van der Waals surface area contributed by atoms with Crippen LogP contribution in [-0.2, 0) is 0 Å². The molecule has 1 aliphatic rings. The average molecular weight is 338 g/mol. The minimum absolute atomic E-state index is 0.221. The molecule has 116 valence electrons. The Kier molecular flexibility index (Phi) is 3.92. The Balaban J connectivity index is 2.03. The summed E-state index contributed by atoms with van der Waals surface area (Å²) in [4.78, 5) is 18.0. The summed E-state index contributed by atoms with van der Waals surface area (Å²) in [6, 6.07) is 7.16. The number of amides is 1. The SMILES string of the molecule is Cc1nc(C(=O)N2CCSC2(C)N)c(-c2cccc(Cl)c2)o1. The first kappa shape index (κ1) is 15.4. The van der Waals surface area contributed by atoms with E-state index in [-0.39, 0.29) is 11.6 Å². The number of hydrogen-bond donors (Lipinski definition) is 1. The van der Waals surface area contributed by atoms with Crippen LogP contribution in [0.3, 0.4) is 0 Å². The monoisotopic (exact) mass is 337 g/mol. The molecule has 1 aromatic carbocycles. The second-order valence-corrected chi connectivity index (χ2v) is 7.24. The van der Waals surface area contributed by atoms with Gasteiger partial charge in [0.05, 0.1) is 0 Å². The first-order valence-corrected chi connectivity index (χ1v) is 8.23. The van der Waals surface area contributed by atoms with Crippen molar-refractivity contribution in [3.05, 3.63) is 40.9 Å². The van der Waals surface area contributed by atoms with Gasteiger partial charge in [0.25, 0.3) is 5.91 Å². The van der Waals surface area contributed by atoms with Gasteiger partial charge >= 0.3 is 0 Å². The lowest BCUT2D eigenvalue weighted by atomic mass is 10.1. The first-order chi connectivity index (χ1) is 10.4. The third-order valence-corrected chi connectivity index (χ3v) is 4.94. The van der Waals surface area contributed by atoms with Crippen LogP contribution in [0.5, 0.6) is 0 Å². The van der Waals surface area contributed by atoms with E-state index in [1.807, 2.05) is 19.1 Å². The highest BCUT2D eigenvalue weighted by atomic mass is 35.5. The number of nitrogens with zero attached hydrogens (tertiary/aromatic N) is 2. The average Bonchev–Trinajstić information content (AvgIpc) is 3.00. The molecule has 0 bridgehead atoms. The van der Waals surface area contributed by atoms with E-state index >= 15 is 0 Å². The maximum Gasteiger partial charge on any atom is 0.278 e. The highest BCUT2D eigenvalue weighted by molar-refractivity contribution is 8.00. The van der Waals surface area contributed by atoms with E-state index in [0.29, 0.717) is 23.2 Å². The maximum absolute atomic E-state index is 12.8. The van der Waals surface area contributed by atoms with Crippen molar-refractivity contribution in [2.75, 3.05) is 12.3 Å². The molecule has 7 heteroatoms. The standard InChI is InChI=1S/C15H16ClN3O2S/c1-9-18-12(14(20)19-6-7-22-15(19,2)17)13(21-9)10-4-3-5-11(16)8-10/h3-5,8H,6-7,17H2,1-2H3. The van der Waals surface area contributed by atoms with Gasteiger partial charge in [-0.2, -0.15) is 0 Å². The molecule has 1 unspecified atom stereocenters. The fourth-order valence-electron chi connectivity index (χ4n) is 2.47. The van der Waals surface area contributed by atoms with Gasteiger partial charge in [0.1, 0.15) is 4.99 Å². The Hall–Kier alpha value is -1.50. The lowest BCUT2D eigenvalue weighted by molar-refractivity contribution is 0.0692. The molecule has 0 radical (unpaired) electrons. The zero-order valence-electron chi connectivity index (χ0n) is 12.3. The molecule has 1 fully saturated rings. The van der Waals surface area contributed by atoms with E-state index in [0.717, 1.165) is 11.3 Å². The number of aryl methyl sites for hydroxylation is 1. The van der Waals surface area contributed by atoms with Crippen molar-refractivity contribution in [3.8, 4) is 11.3 Å². The lowest BCUT2D eigenvalue weighted by Crippen LogP contribution is -2.50. The van der Waals surface area contributed by atoms with E-state index in [2.05, 4.69) is 4.98 Å². The van der Waals surface area contributed by atoms with Gasteiger partial charge in [-0.05, 0) is 19.1 Å². The van der Waals surface area contributed by atoms with Crippen LogP contribution in [-0.4, -0.2) is 33.1 Å². The Bertz CT molecular complexity index is 729. The Morgan fingerprint density at radius 1 is 1.55 bits per heavy atom. The molecular formula is C15H16ClN3O2S. The van der Waals surface area contributed by atoms with Crippen LogP contribution in [0.25, 0.3) is 11.3 Å². The number of thioether (sulfide) groups is 1. The van der Waals surface area contributed by atoms with E-state index in [1.54, 1.807) is 35.7 Å². The third kappa shape index (κ3) is 2.74. The van der Waals surface area contributed by atoms with Crippen LogP contribution in [0.1, 0.15) is 23.3 Å². The molecule has 1 amide bonds. The molecule has 1 aromatic heterocycles. The number of carbonyl (C=O) groups excluding carboxylic acids is 1. The Morgan fingerprint density at radius 3 is 2.95 bits per heavy atom. The second-order valence-electron chi connectivity index (χ2n) is 5.28. The number of rotatable bonds is 2. The van der Waals surface area contributed by atoms with E-state index in [4.69, 9.17) is 21.8 Å². The summed E-state index contributed by atoms with van der Waals surface area (Å²) < 4.78 is 5.64. The minimum Gasteiger partial charge on any atom is -0.440 e. The van der Waals surface area contributed by atoms with Gasteiger partial charge in [0.15, 0.2) is 17.3 Å². The molecule has 3 rings (SSSR count). The van der Waals surface area contributed by atoms with Crippen molar-refractivity contribution >= 4 is 29.3 Å².